The van der Waals surface area contributed by atoms with E-state index in [9.17, 15) is 9.18 Å². The summed E-state index contributed by atoms with van der Waals surface area (Å²) < 4.78 is 13.1. The fourth-order valence-corrected chi connectivity index (χ4v) is 2.32. The molecule has 4 heteroatoms. The number of rotatable bonds is 3. The first-order valence-electron chi connectivity index (χ1n) is 6.31. The summed E-state index contributed by atoms with van der Waals surface area (Å²) >= 11 is 0. The highest BCUT2D eigenvalue weighted by Gasteiger charge is 2.24. The van der Waals surface area contributed by atoms with Gasteiger partial charge in [-0.1, -0.05) is 12.1 Å². The van der Waals surface area contributed by atoms with Gasteiger partial charge in [-0.15, -0.1) is 0 Å². The minimum absolute atomic E-state index is 0.0449. The number of likely N-dealkylation sites (N-methyl/N-ethyl adjacent to an activating group) is 1. The van der Waals surface area contributed by atoms with Gasteiger partial charge in [0.05, 0.1) is 6.04 Å². The van der Waals surface area contributed by atoms with Crippen LogP contribution in [-0.4, -0.2) is 30.4 Å². The van der Waals surface area contributed by atoms with Crippen molar-refractivity contribution in [1.82, 2.24) is 10.2 Å². The topological polar surface area (TPSA) is 32.3 Å². The molecule has 18 heavy (non-hydrogen) atoms. The lowest BCUT2D eigenvalue weighted by Crippen LogP contribution is -2.41. The SMILES string of the molecule is Cc1cc(CN(C)C(=O)C2CCCN2)ccc1F. The number of hydrogen-bond acceptors (Lipinski definition) is 2. The third-order valence-corrected chi connectivity index (χ3v) is 3.38. The fourth-order valence-electron chi connectivity index (χ4n) is 2.32. The molecule has 0 aliphatic carbocycles. The van der Waals surface area contributed by atoms with Crippen LogP contribution in [0.2, 0.25) is 0 Å². The Kier molecular flexibility index (Phi) is 3.97. The first-order chi connectivity index (χ1) is 8.58. The molecule has 98 valence electrons. The monoisotopic (exact) mass is 250 g/mol. The maximum absolute atomic E-state index is 13.1. The summed E-state index contributed by atoms with van der Waals surface area (Å²) in [5, 5.41) is 3.19. The first kappa shape index (κ1) is 13.0. The number of benzene rings is 1. The molecule has 1 aliphatic rings. The molecule has 0 saturated carbocycles. The largest absolute Gasteiger partial charge is 0.340 e. The molecule has 0 aromatic heterocycles. The number of carbonyl (C=O) groups excluding carboxylic acids is 1. The average molecular weight is 250 g/mol. The molecule has 1 amide bonds. The summed E-state index contributed by atoms with van der Waals surface area (Å²) in [6, 6.07) is 4.93. The number of aryl methyl sites for hydroxylation is 1. The van der Waals surface area contributed by atoms with E-state index in [0.29, 0.717) is 12.1 Å². The van der Waals surface area contributed by atoms with Crippen molar-refractivity contribution in [3.05, 3.63) is 35.1 Å². The van der Waals surface area contributed by atoms with Gasteiger partial charge in [0.15, 0.2) is 0 Å². The molecule has 1 heterocycles. The number of halogens is 1. The van der Waals surface area contributed by atoms with Crippen LogP contribution >= 0.6 is 0 Å². The lowest BCUT2D eigenvalue weighted by Gasteiger charge is -2.21. The molecule has 2 rings (SSSR count). The smallest absolute Gasteiger partial charge is 0.239 e. The van der Waals surface area contributed by atoms with E-state index >= 15 is 0 Å². The van der Waals surface area contributed by atoms with Gasteiger partial charge < -0.3 is 10.2 Å². The Morgan fingerprint density at radius 3 is 2.94 bits per heavy atom. The molecular formula is C14H19FN2O. The van der Waals surface area contributed by atoms with Crippen LogP contribution in [0, 0.1) is 12.7 Å². The van der Waals surface area contributed by atoms with Crippen LogP contribution in [0.3, 0.4) is 0 Å². The third kappa shape index (κ3) is 2.88. The predicted octanol–water partition coefficient (Wildman–Crippen LogP) is 1.84. The molecule has 3 nitrogen and oxygen atoms in total. The van der Waals surface area contributed by atoms with Crippen LogP contribution in [0.4, 0.5) is 4.39 Å². The molecule has 0 bridgehead atoms. The molecule has 1 atom stereocenters. The zero-order valence-corrected chi connectivity index (χ0v) is 10.9. The number of nitrogens with zero attached hydrogens (tertiary/aromatic N) is 1. The molecule has 1 saturated heterocycles. The van der Waals surface area contributed by atoms with Crippen LogP contribution in [-0.2, 0) is 11.3 Å². The summed E-state index contributed by atoms with van der Waals surface area (Å²) in [5.74, 6) is -0.0836. The van der Waals surface area contributed by atoms with Crippen molar-refractivity contribution in [2.75, 3.05) is 13.6 Å². The van der Waals surface area contributed by atoms with Crippen molar-refractivity contribution in [3.63, 3.8) is 0 Å². The minimum Gasteiger partial charge on any atom is -0.340 e. The standard InChI is InChI=1S/C14H19FN2O/c1-10-8-11(5-6-12(10)15)9-17(2)14(18)13-4-3-7-16-13/h5-6,8,13,16H,3-4,7,9H2,1-2H3. The number of carbonyl (C=O) groups is 1. The van der Waals surface area contributed by atoms with Gasteiger partial charge in [0, 0.05) is 13.6 Å². The highest BCUT2D eigenvalue weighted by molar-refractivity contribution is 5.81. The highest BCUT2D eigenvalue weighted by atomic mass is 19.1. The van der Waals surface area contributed by atoms with Crippen molar-refractivity contribution >= 4 is 5.91 Å². The molecule has 1 aromatic rings. The molecule has 1 unspecified atom stereocenters. The van der Waals surface area contributed by atoms with Gasteiger partial charge >= 0.3 is 0 Å². The summed E-state index contributed by atoms with van der Waals surface area (Å²) in [6.45, 7) is 3.18. The van der Waals surface area contributed by atoms with Gasteiger partial charge in [0.25, 0.3) is 0 Å². The maximum atomic E-state index is 13.1. The zero-order valence-electron chi connectivity index (χ0n) is 10.9. The molecular weight excluding hydrogens is 231 g/mol. The molecule has 1 N–H and O–H groups in total. The van der Waals surface area contributed by atoms with Crippen molar-refractivity contribution in [3.8, 4) is 0 Å². The van der Waals surface area contributed by atoms with E-state index < -0.39 is 0 Å². The summed E-state index contributed by atoms with van der Waals surface area (Å²) in [4.78, 5) is 13.8. The van der Waals surface area contributed by atoms with E-state index in [0.717, 1.165) is 24.9 Å². The van der Waals surface area contributed by atoms with Crippen molar-refractivity contribution < 1.29 is 9.18 Å². The normalized spacial score (nSPS) is 18.9. The molecule has 0 radical (unpaired) electrons. The Labute approximate surface area is 107 Å². The second-order valence-corrected chi connectivity index (χ2v) is 4.93. The molecule has 1 aromatic carbocycles. The van der Waals surface area contributed by atoms with Crippen LogP contribution in [0.15, 0.2) is 18.2 Å². The lowest BCUT2D eigenvalue weighted by molar-refractivity contribution is -0.132. The second-order valence-electron chi connectivity index (χ2n) is 4.93. The maximum Gasteiger partial charge on any atom is 0.239 e. The van der Waals surface area contributed by atoms with E-state index in [1.807, 2.05) is 0 Å². The fraction of sp³-hybridized carbons (Fsp3) is 0.500. The Morgan fingerprint density at radius 1 is 1.56 bits per heavy atom. The van der Waals surface area contributed by atoms with Crippen molar-refractivity contribution in [2.24, 2.45) is 0 Å². The predicted molar refractivity (Wildman–Crippen MR) is 68.6 cm³/mol. The Bertz CT molecular complexity index is 441. The van der Waals surface area contributed by atoms with Gasteiger partial charge in [0.2, 0.25) is 5.91 Å². The van der Waals surface area contributed by atoms with Crippen molar-refractivity contribution in [1.29, 1.82) is 0 Å². The van der Waals surface area contributed by atoms with Gasteiger partial charge in [-0.25, -0.2) is 4.39 Å². The Balaban J connectivity index is 1.99. The molecule has 0 spiro atoms. The highest BCUT2D eigenvalue weighted by Crippen LogP contribution is 2.13. The van der Waals surface area contributed by atoms with Crippen molar-refractivity contribution in [2.45, 2.75) is 32.4 Å². The van der Waals surface area contributed by atoms with E-state index in [1.165, 1.54) is 6.07 Å². The molecule has 1 fully saturated rings. The van der Waals surface area contributed by atoms with Crippen LogP contribution in [0.1, 0.15) is 24.0 Å². The third-order valence-electron chi connectivity index (χ3n) is 3.38. The quantitative estimate of drug-likeness (QED) is 0.888. The first-order valence-corrected chi connectivity index (χ1v) is 6.31. The lowest BCUT2D eigenvalue weighted by atomic mass is 10.1. The van der Waals surface area contributed by atoms with Crippen LogP contribution < -0.4 is 5.32 Å². The van der Waals surface area contributed by atoms with Gasteiger partial charge in [0.1, 0.15) is 5.82 Å². The second kappa shape index (κ2) is 5.48. The van der Waals surface area contributed by atoms with E-state index in [1.54, 1.807) is 31.0 Å². The summed E-state index contributed by atoms with van der Waals surface area (Å²) in [6.07, 6.45) is 1.96. The molecule has 1 aliphatic heterocycles. The van der Waals surface area contributed by atoms with Gasteiger partial charge in [-0.3, -0.25) is 4.79 Å². The zero-order chi connectivity index (χ0) is 13.1. The summed E-state index contributed by atoms with van der Waals surface area (Å²) in [5.41, 5.74) is 1.58. The van der Waals surface area contributed by atoms with Crippen LogP contribution in [0.25, 0.3) is 0 Å². The van der Waals surface area contributed by atoms with Gasteiger partial charge in [-0.05, 0) is 43.5 Å². The average Bonchev–Trinajstić information content (AvgIpc) is 2.86. The van der Waals surface area contributed by atoms with E-state index in [4.69, 9.17) is 0 Å². The summed E-state index contributed by atoms with van der Waals surface area (Å²) in [7, 11) is 1.79. The number of nitrogens with one attached hydrogen (secondary N) is 1. The Morgan fingerprint density at radius 2 is 2.33 bits per heavy atom. The van der Waals surface area contributed by atoms with E-state index in [-0.39, 0.29) is 17.8 Å². The minimum atomic E-state index is -0.204. The van der Waals surface area contributed by atoms with Crippen LogP contribution in [0.5, 0.6) is 0 Å². The van der Waals surface area contributed by atoms with E-state index in [2.05, 4.69) is 5.32 Å². The Hall–Kier alpha value is -1.42. The number of amides is 1. The van der Waals surface area contributed by atoms with Gasteiger partial charge in [-0.2, -0.15) is 0 Å². The number of hydrogen-bond donors (Lipinski definition) is 1.